The summed E-state index contributed by atoms with van der Waals surface area (Å²) in [6.45, 7) is 3.65. The van der Waals surface area contributed by atoms with Crippen LogP contribution in [-0.2, 0) is 4.74 Å². The number of halogens is 1. The van der Waals surface area contributed by atoms with E-state index in [4.69, 9.17) is 20.4 Å². The first-order chi connectivity index (χ1) is 8.19. The average molecular weight is 303 g/mol. The van der Waals surface area contributed by atoms with Crippen LogP contribution in [-0.4, -0.2) is 30.9 Å². The van der Waals surface area contributed by atoms with Crippen LogP contribution in [0.25, 0.3) is 0 Å². The molecule has 0 unspecified atom stereocenters. The van der Waals surface area contributed by atoms with Crippen LogP contribution in [0.5, 0.6) is 5.75 Å². The third-order valence-corrected chi connectivity index (χ3v) is 2.68. The Balaban J connectivity index is 2.63. The lowest BCUT2D eigenvalue weighted by Crippen LogP contribution is -2.14. The van der Waals surface area contributed by atoms with Crippen LogP contribution in [0, 0.1) is 0 Å². The van der Waals surface area contributed by atoms with Crippen molar-refractivity contribution in [2.24, 2.45) is 10.9 Å². The highest BCUT2D eigenvalue weighted by atomic mass is 79.9. The Hall–Kier alpha value is -1.27. The maximum atomic E-state index is 8.58. The molecule has 3 N–H and O–H groups in total. The molecule has 0 bridgehead atoms. The highest BCUT2D eigenvalue weighted by Gasteiger charge is 2.06. The molecule has 17 heavy (non-hydrogen) atoms. The molecule has 0 fully saturated rings. The summed E-state index contributed by atoms with van der Waals surface area (Å²) in [6.07, 6.45) is 0. The minimum absolute atomic E-state index is 0.0535. The number of nitrogens with zero attached hydrogens (tertiary/aromatic N) is 1. The number of amidine groups is 1. The van der Waals surface area contributed by atoms with Crippen LogP contribution in [0.1, 0.15) is 12.5 Å². The topological polar surface area (TPSA) is 77.1 Å². The van der Waals surface area contributed by atoms with E-state index in [1.807, 2.05) is 6.92 Å². The van der Waals surface area contributed by atoms with Gasteiger partial charge in [0.25, 0.3) is 0 Å². The first-order valence-corrected chi connectivity index (χ1v) is 5.96. The molecule has 0 atom stereocenters. The van der Waals surface area contributed by atoms with E-state index in [1.54, 1.807) is 18.2 Å². The summed E-state index contributed by atoms with van der Waals surface area (Å²) < 4.78 is 11.3. The largest absolute Gasteiger partial charge is 0.491 e. The highest BCUT2D eigenvalue weighted by molar-refractivity contribution is 9.10. The van der Waals surface area contributed by atoms with Crippen molar-refractivity contribution in [3.63, 3.8) is 0 Å². The summed E-state index contributed by atoms with van der Waals surface area (Å²) >= 11 is 3.33. The number of nitrogens with two attached hydrogens (primary N) is 1. The van der Waals surface area contributed by atoms with Crippen molar-refractivity contribution in [1.82, 2.24) is 0 Å². The summed E-state index contributed by atoms with van der Waals surface area (Å²) in [5.41, 5.74) is 6.11. The molecule has 0 saturated carbocycles. The molecular formula is C11H15BrN2O3. The Labute approximate surface area is 108 Å². The highest BCUT2D eigenvalue weighted by Crippen LogP contribution is 2.22. The molecule has 0 heterocycles. The molecule has 1 aromatic rings. The van der Waals surface area contributed by atoms with Crippen LogP contribution in [0.15, 0.2) is 27.8 Å². The zero-order valence-electron chi connectivity index (χ0n) is 9.52. The van der Waals surface area contributed by atoms with E-state index in [1.165, 1.54) is 0 Å². The minimum Gasteiger partial charge on any atom is -0.491 e. The van der Waals surface area contributed by atoms with Gasteiger partial charge in [0.2, 0.25) is 0 Å². The fourth-order valence-electron chi connectivity index (χ4n) is 1.21. The quantitative estimate of drug-likeness (QED) is 0.277. The van der Waals surface area contributed by atoms with Crippen molar-refractivity contribution in [1.29, 1.82) is 0 Å². The Morgan fingerprint density at radius 2 is 2.24 bits per heavy atom. The van der Waals surface area contributed by atoms with Crippen molar-refractivity contribution in [3.05, 3.63) is 28.2 Å². The van der Waals surface area contributed by atoms with Gasteiger partial charge in [0.15, 0.2) is 5.84 Å². The maximum Gasteiger partial charge on any atom is 0.171 e. The van der Waals surface area contributed by atoms with Gasteiger partial charge < -0.3 is 20.4 Å². The van der Waals surface area contributed by atoms with E-state index in [-0.39, 0.29) is 5.84 Å². The van der Waals surface area contributed by atoms with Crippen molar-refractivity contribution in [2.75, 3.05) is 19.8 Å². The normalized spacial score (nSPS) is 11.5. The van der Waals surface area contributed by atoms with E-state index in [2.05, 4.69) is 21.1 Å². The zero-order valence-corrected chi connectivity index (χ0v) is 11.1. The second-order valence-electron chi connectivity index (χ2n) is 3.17. The molecule has 0 aromatic heterocycles. The van der Waals surface area contributed by atoms with Crippen molar-refractivity contribution < 1.29 is 14.7 Å². The van der Waals surface area contributed by atoms with Crippen LogP contribution in [0.4, 0.5) is 0 Å². The lowest BCUT2D eigenvalue weighted by atomic mass is 10.2. The second kappa shape index (κ2) is 7.13. The predicted molar refractivity (Wildman–Crippen MR) is 68.6 cm³/mol. The van der Waals surface area contributed by atoms with Crippen molar-refractivity contribution in [2.45, 2.75) is 6.92 Å². The van der Waals surface area contributed by atoms with E-state index >= 15 is 0 Å². The number of benzene rings is 1. The molecule has 0 spiro atoms. The van der Waals surface area contributed by atoms with Gasteiger partial charge in [-0.2, -0.15) is 0 Å². The maximum absolute atomic E-state index is 8.58. The first kappa shape index (κ1) is 13.8. The van der Waals surface area contributed by atoms with E-state index in [9.17, 15) is 0 Å². The standard InChI is InChI=1S/C11H15BrN2O3/c1-2-16-5-6-17-8-3-4-9(10(12)7-8)11(13)14-15/h3-4,7,15H,2,5-6H2,1H3,(H2,13,14). The molecule has 5 nitrogen and oxygen atoms in total. The fraction of sp³-hybridized carbons (Fsp3) is 0.364. The monoisotopic (exact) mass is 302 g/mol. The second-order valence-corrected chi connectivity index (χ2v) is 4.03. The van der Waals surface area contributed by atoms with E-state index in [0.29, 0.717) is 35.6 Å². The van der Waals surface area contributed by atoms with Gasteiger partial charge in [0.1, 0.15) is 12.4 Å². The Morgan fingerprint density at radius 1 is 1.47 bits per heavy atom. The number of rotatable bonds is 6. The van der Waals surface area contributed by atoms with Gasteiger partial charge >= 0.3 is 0 Å². The van der Waals surface area contributed by atoms with Crippen LogP contribution in [0.2, 0.25) is 0 Å². The Bertz CT molecular complexity index is 396. The summed E-state index contributed by atoms with van der Waals surface area (Å²) in [5, 5.41) is 11.5. The van der Waals surface area contributed by atoms with Gasteiger partial charge in [0, 0.05) is 16.6 Å². The smallest absolute Gasteiger partial charge is 0.171 e. The molecule has 0 radical (unpaired) electrons. The van der Waals surface area contributed by atoms with Gasteiger partial charge in [-0.1, -0.05) is 5.16 Å². The summed E-state index contributed by atoms with van der Waals surface area (Å²) in [6, 6.07) is 5.23. The van der Waals surface area contributed by atoms with Crippen molar-refractivity contribution in [3.8, 4) is 5.75 Å². The summed E-state index contributed by atoms with van der Waals surface area (Å²) in [4.78, 5) is 0. The molecule has 1 rings (SSSR count). The van der Waals surface area contributed by atoms with Gasteiger partial charge in [-0.05, 0) is 41.1 Å². The first-order valence-electron chi connectivity index (χ1n) is 5.17. The lowest BCUT2D eigenvalue weighted by molar-refractivity contribution is 0.110. The molecule has 0 saturated heterocycles. The lowest BCUT2D eigenvalue weighted by Gasteiger charge is -2.08. The zero-order chi connectivity index (χ0) is 12.7. The average Bonchev–Trinajstić information content (AvgIpc) is 2.34. The van der Waals surface area contributed by atoms with Crippen LogP contribution in [0.3, 0.4) is 0 Å². The number of oxime groups is 1. The third kappa shape index (κ3) is 4.24. The molecule has 6 heteroatoms. The molecule has 0 aliphatic heterocycles. The molecule has 0 amide bonds. The molecule has 1 aromatic carbocycles. The van der Waals surface area contributed by atoms with Gasteiger partial charge in [-0.25, -0.2) is 0 Å². The van der Waals surface area contributed by atoms with Crippen LogP contribution < -0.4 is 10.5 Å². The Kier molecular flexibility index (Phi) is 5.79. The number of ether oxygens (including phenoxy) is 2. The van der Waals surface area contributed by atoms with Gasteiger partial charge in [-0.15, -0.1) is 0 Å². The Morgan fingerprint density at radius 3 is 2.82 bits per heavy atom. The number of hydrogen-bond donors (Lipinski definition) is 2. The van der Waals surface area contributed by atoms with E-state index in [0.717, 1.165) is 0 Å². The fourth-order valence-corrected chi connectivity index (χ4v) is 1.77. The third-order valence-electron chi connectivity index (χ3n) is 2.02. The number of hydrogen-bond acceptors (Lipinski definition) is 4. The van der Waals surface area contributed by atoms with Crippen molar-refractivity contribution >= 4 is 21.8 Å². The SMILES string of the molecule is CCOCCOc1ccc(/C(N)=N/O)c(Br)c1. The molecule has 94 valence electrons. The molecule has 0 aliphatic carbocycles. The van der Waals surface area contributed by atoms with E-state index < -0.39 is 0 Å². The van der Waals surface area contributed by atoms with Crippen LogP contribution >= 0.6 is 15.9 Å². The summed E-state index contributed by atoms with van der Waals surface area (Å²) in [5.74, 6) is 0.754. The molecular weight excluding hydrogens is 288 g/mol. The predicted octanol–water partition coefficient (Wildman–Crippen LogP) is 1.96. The summed E-state index contributed by atoms with van der Waals surface area (Å²) in [7, 11) is 0. The minimum atomic E-state index is 0.0535. The molecule has 0 aliphatic rings. The van der Waals surface area contributed by atoms with Gasteiger partial charge in [0.05, 0.1) is 6.61 Å². The van der Waals surface area contributed by atoms with Gasteiger partial charge in [-0.3, -0.25) is 0 Å².